The molecule has 0 aromatic heterocycles. The molecule has 2 amide bonds. The van der Waals surface area contributed by atoms with Crippen molar-refractivity contribution >= 4 is 23.2 Å². The standard InChI is InChI=1S/C21H20N2O5/c1-11-6-5-7-14(12(11)2)23-20(24)17-18(22-28-19(17)21(23)25)13-8-9-15(26-3)16(10-13)27-4/h5-10,17,19H,1-4H3/t17-,19+/m1/s1. The van der Waals surface area contributed by atoms with Crippen LogP contribution in [0.5, 0.6) is 11.5 Å². The second-order valence-corrected chi connectivity index (χ2v) is 6.78. The van der Waals surface area contributed by atoms with Crippen molar-refractivity contribution in [3.63, 3.8) is 0 Å². The average molecular weight is 380 g/mol. The van der Waals surface area contributed by atoms with Gasteiger partial charge < -0.3 is 14.3 Å². The van der Waals surface area contributed by atoms with Crippen LogP contribution in [0, 0.1) is 19.8 Å². The van der Waals surface area contributed by atoms with Gasteiger partial charge in [0.2, 0.25) is 12.0 Å². The van der Waals surface area contributed by atoms with Crippen LogP contribution in [0.1, 0.15) is 16.7 Å². The number of anilines is 1. The van der Waals surface area contributed by atoms with Crippen LogP contribution in [0.25, 0.3) is 0 Å². The molecule has 2 aliphatic rings. The van der Waals surface area contributed by atoms with E-state index in [1.807, 2.05) is 26.0 Å². The van der Waals surface area contributed by atoms with Gasteiger partial charge in [0.1, 0.15) is 11.6 Å². The number of amides is 2. The maximum Gasteiger partial charge on any atom is 0.278 e. The van der Waals surface area contributed by atoms with Crippen LogP contribution >= 0.6 is 0 Å². The molecule has 1 fully saturated rings. The van der Waals surface area contributed by atoms with E-state index in [4.69, 9.17) is 14.3 Å². The predicted molar refractivity (Wildman–Crippen MR) is 103 cm³/mol. The molecule has 2 heterocycles. The first-order chi connectivity index (χ1) is 13.5. The molecule has 7 heteroatoms. The highest BCUT2D eigenvalue weighted by molar-refractivity contribution is 6.32. The molecule has 2 aromatic carbocycles. The number of rotatable bonds is 4. The number of aryl methyl sites for hydroxylation is 1. The fourth-order valence-electron chi connectivity index (χ4n) is 3.63. The van der Waals surface area contributed by atoms with Crippen molar-refractivity contribution in [3.05, 3.63) is 53.1 Å². The molecule has 7 nitrogen and oxygen atoms in total. The summed E-state index contributed by atoms with van der Waals surface area (Å²) in [5.74, 6) is -0.453. The van der Waals surface area contributed by atoms with Gasteiger partial charge in [-0.05, 0) is 49.2 Å². The van der Waals surface area contributed by atoms with E-state index in [0.717, 1.165) is 11.1 Å². The van der Waals surface area contributed by atoms with Gasteiger partial charge in [-0.25, -0.2) is 4.90 Å². The van der Waals surface area contributed by atoms with E-state index in [0.29, 0.717) is 28.5 Å². The zero-order chi connectivity index (χ0) is 20.0. The molecule has 0 radical (unpaired) electrons. The molecule has 2 aliphatic heterocycles. The predicted octanol–water partition coefficient (Wildman–Crippen LogP) is 2.61. The zero-order valence-electron chi connectivity index (χ0n) is 16.1. The lowest BCUT2D eigenvalue weighted by molar-refractivity contribution is -0.126. The molecule has 2 aromatic rings. The van der Waals surface area contributed by atoms with Gasteiger partial charge >= 0.3 is 0 Å². The van der Waals surface area contributed by atoms with Gasteiger partial charge in [0, 0.05) is 5.56 Å². The molecule has 0 bridgehead atoms. The Balaban J connectivity index is 1.72. The largest absolute Gasteiger partial charge is 0.493 e. The van der Waals surface area contributed by atoms with Crippen molar-refractivity contribution in [2.24, 2.45) is 11.1 Å². The Morgan fingerprint density at radius 3 is 2.46 bits per heavy atom. The first-order valence-electron chi connectivity index (χ1n) is 8.88. The normalized spacial score (nSPS) is 20.7. The first kappa shape index (κ1) is 18.0. The first-order valence-corrected chi connectivity index (χ1v) is 8.88. The summed E-state index contributed by atoms with van der Waals surface area (Å²) >= 11 is 0. The number of nitrogens with zero attached hydrogens (tertiary/aromatic N) is 2. The quantitative estimate of drug-likeness (QED) is 0.762. The van der Waals surface area contributed by atoms with Crippen LogP contribution < -0.4 is 14.4 Å². The third-order valence-corrected chi connectivity index (χ3v) is 5.31. The van der Waals surface area contributed by atoms with E-state index in [9.17, 15) is 9.59 Å². The minimum absolute atomic E-state index is 0.338. The highest BCUT2D eigenvalue weighted by Gasteiger charge is 2.56. The Bertz CT molecular complexity index is 1010. The lowest BCUT2D eigenvalue weighted by Gasteiger charge is -2.19. The number of hydrogen-bond acceptors (Lipinski definition) is 6. The van der Waals surface area contributed by atoms with Gasteiger partial charge in [0.15, 0.2) is 11.5 Å². The van der Waals surface area contributed by atoms with Crippen LogP contribution in [-0.4, -0.2) is 37.8 Å². The van der Waals surface area contributed by atoms with E-state index in [2.05, 4.69) is 5.16 Å². The second kappa shape index (κ2) is 6.67. The van der Waals surface area contributed by atoms with Crippen molar-refractivity contribution in [2.45, 2.75) is 20.0 Å². The summed E-state index contributed by atoms with van der Waals surface area (Å²) in [5.41, 5.74) is 3.53. The van der Waals surface area contributed by atoms with Crippen molar-refractivity contribution in [3.8, 4) is 11.5 Å². The van der Waals surface area contributed by atoms with Crippen molar-refractivity contribution in [1.82, 2.24) is 0 Å². The topological polar surface area (TPSA) is 77.4 Å². The fourth-order valence-corrected chi connectivity index (χ4v) is 3.63. The maximum absolute atomic E-state index is 13.2. The molecule has 28 heavy (non-hydrogen) atoms. The van der Waals surface area contributed by atoms with Crippen molar-refractivity contribution in [1.29, 1.82) is 0 Å². The smallest absolute Gasteiger partial charge is 0.278 e. The van der Waals surface area contributed by atoms with Gasteiger partial charge in [-0.1, -0.05) is 17.3 Å². The molecule has 0 N–H and O–H groups in total. The van der Waals surface area contributed by atoms with E-state index in [1.165, 1.54) is 12.0 Å². The highest BCUT2D eigenvalue weighted by Crippen LogP contribution is 2.38. The van der Waals surface area contributed by atoms with Crippen LogP contribution in [-0.2, 0) is 14.4 Å². The summed E-state index contributed by atoms with van der Waals surface area (Å²) < 4.78 is 10.6. The lowest BCUT2D eigenvalue weighted by atomic mass is 9.94. The van der Waals surface area contributed by atoms with Crippen LogP contribution in [0.2, 0.25) is 0 Å². The monoisotopic (exact) mass is 380 g/mol. The number of oxime groups is 1. The summed E-state index contributed by atoms with van der Waals surface area (Å²) in [5, 5.41) is 4.04. The van der Waals surface area contributed by atoms with Crippen molar-refractivity contribution in [2.75, 3.05) is 19.1 Å². The molecular formula is C21H20N2O5. The van der Waals surface area contributed by atoms with Gasteiger partial charge in [-0.2, -0.15) is 0 Å². The fraction of sp³-hybridized carbons (Fsp3) is 0.286. The van der Waals surface area contributed by atoms with E-state index in [-0.39, 0.29) is 5.91 Å². The van der Waals surface area contributed by atoms with Crippen LogP contribution in [0.15, 0.2) is 41.6 Å². The Hall–Kier alpha value is -3.35. The molecule has 144 valence electrons. The third kappa shape index (κ3) is 2.54. The van der Waals surface area contributed by atoms with E-state index < -0.39 is 17.9 Å². The van der Waals surface area contributed by atoms with E-state index in [1.54, 1.807) is 31.4 Å². The SMILES string of the molecule is COc1ccc(C2=NO[C@@H]3C(=O)N(c4cccc(C)c4C)C(=O)[C@H]23)cc1OC. The number of benzene rings is 2. The molecule has 0 spiro atoms. The molecule has 0 aliphatic carbocycles. The van der Waals surface area contributed by atoms with Gasteiger partial charge in [-0.3, -0.25) is 9.59 Å². The summed E-state index contributed by atoms with van der Waals surface area (Å²) in [6, 6.07) is 10.8. The number of carbonyl (C=O) groups is 2. The second-order valence-electron chi connectivity index (χ2n) is 6.78. The zero-order valence-corrected chi connectivity index (χ0v) is 16.1. The Morgan fingerprint density at radius 2 is 1.75 bits per heavy atom. The lowest BCUT2D eigenvalue weighted by Crippen LogP contribution is -2.33. The van der Waals surface area contributed by atoms with Gasteiger partial charge in [0.25, 0.3) is 5.91 Å². The van der Waals surface area contributed by atoms with Crippen LogP contribution in [0.4, 0.5) is 5.69 Å². The van der Waals surface area contributed by atoms with Crippen LogP contribution in [0.3, 0.4) is 0 Å². The summed E-state index contributed by atoms with van der Waals surface area (Å²) in [6.07, 6.45) is -0.949. The maximum atomic E-state index is 13.2. The number of imide groups is 1. The minimum atomic E-state index is -0.949. The molecule has 1 saturated heterocycles. The molecular weight excluding hydrogens is 360 g/mol. The minimum Gasteiger partial charge on any atom is -0.493 e. The highest BCUT2D eigenvalue weighted by atomic mass is 16.7. The number of ether oxygens (including phenoxy) is 2. The third-order valence-electron chi connectivity index (χ3n) is 5.31. The number of carbonyl (C=O) groups excluding carboxylic acids is 2. The average Bonchev–Trinajstić information content (AvgIpc) is 3.24. The molecule has 0 unspecified atom stereocenters. The number of hydrogen-bond donors (Lipinski definition) is 0. The van der Waals surface area contributed by atoms with Crippen molar-refractivity contribution < 1.29 is 23.9 Å². The number of fused-ring (bicyclic) bond motifs is 1. The van der Waals surface area contributed by atoms with E-state index >= 15 is 0 Å². The van der Waals surface area contributed by atoms with Gasteiger partial charge in [-0.15, -0.1) is 0 Å². The Kier molecular flexibility index (Phi) is 4.30. The Morgan fingerprint density at radius 1 is 1.00 bits per heavy atom. The summed E-state index contributed by atoms with van der Waals surface area (Å²) in [4.78, 5) is 32.7. The number of methoxy groups -OCH3 is 2. The molecule has 0 saturated carbocycles. The summed E-state index contributed by atoms with van der Waals surface area (Å²) in [7, 11) is 3.08. The molecule has 2 atom stereocenters. The van der Waals surface area contributed by atoms with Gasteiger partial charge in [0.05, 0.1) is 19.9 Å². The molecule has 4 rings (SSSR count). The Labute approximate surface area is 162 Å². The summed E-state index contributed by atoms with van der Waals surface area (Å²) in [6.45, 7) is 3.83.